The van der Waals surface area contributed by atoms with Crippen LogP contribution in [0.1, 0.15) is 113 Å². The molecule has 0 saturated carbocycles. The van der Waals surface area contributed by atoms with Gasteiger partial charge < -0.3 is 63.6 Å². The van der Waals surface area contributed by atoms with Crippen LogP contribution in [0.3, 0.4) is 0 Å². The molecule has 1 aromatic carbocycles. The molecule has 2 aromatic rings. The van der Waals surface area contributed by atoms with Crippen LogP contribution < -0.4 is 0 Å². The van der Waals surface area contributed by atoms with Crippen LogP contribution >= 0.6 is 0 Å². The Bertz CT molecular complexity index is 1910. The zero-order valence-electron chi connectivity index (χ0n) is 43.9. The van der Waals surface area contributed by atoms with E-state index in [1.165, 1.54) is 14.0 Å². The number of carbonyl (C=O) groups is 1. The van der Waals surface area contributed by atoms with Gasteiger partial charge in [0.1, 0.15) is 36.3 Å². The Morgan fingerprint density at radius 2 is 1.65 bits per heavy atom. The van der Waals surface area contributed by atoms with Gasteiger partial charge in [-0.05, 0) is 141 Å². The molecular formula is C51H87N5O12S. The first kappa shape index (κ1) is 57.6. The molecule has 5 N–H and O–H groups in total. The van der Waals surface area contributed by atoms with Gasteiger partial charge in [0.05, 0.1) is 47.2 Å². The number of hydrogen-bond donors (Lipinski definition) is 5. The summed E-state index contributed by atoms with van der Waals surface area (Å²) in [4.78, 5) is 19.5. The highest BCUT2D eigenvalue weighted by Gasteiger charge is 2.55. The number of carbonyl (C=O) groups excluding carboxylic acids is 1. The molecule has 3 aliphatic heterocycles. The molecular weight excluding hydrogens is 907 g/mol. The molecule has 69 heavy (non-hydrogen) atoms. The molecule has 5 rings (SSSR count). The largest absolute Gasteiger partial charge is 0.612 e. The Kier molecular flexibility index (Phi) is 20.2. The van der Waals surface area contributed by atoms with Crippen LogP contribution in [0.4, 0.5) is 0 Å². The normalized spacial score (nSPS) is 40.8. The predicted octanol–water partition coefficient (Wildman–Crippen LogP) is 3.75. The van der Waals surface area contributed by atoms with Crippen LogP contribution in [0.15, 0.2) is 35.4 Å². The van der Waals surface area contributed by atoms with Crippen molar-refractivity contribution in [2.24, 2.45) is 23.7 Å². The first-order chi connectivity index (χ1) is 32.2. The summed E-state index contributed by atoms with van der Waals surface area (Å²) in [6, 6.07) is 6.86. The Morgan fingerprint density at radius 3 is 2.28 bits per heavy atom. The van der Waals surface area contributed by atoms with Gasteiger partial charge in [0.15, 0.2) is 11.2 Å². The molecule has 18 heteroatoms. The Hall–Kier alpha value is -2.30. The molecule has 17 nitrogen and oxygen atoms in total. The van der Waals surface area contributed by atoms with E-state index in [0.717, 1.165) is 29.0 Å². The molecule has 3 saturated heterocycles. The number of hydrogen-bond acceptors (Lipinski definition) is 16. The van der Waals surface area contributed by atoms with Crippen LogP contribution in [-0.2, 0) is 59.0 Å². The molecule has 3 fully saturated rings. The summed E-state index contributed by atoms with van der Waals surface area (Å²) in [5.41, 5.74) is -2.43. The van der Waals surface area contributed by atoms with E-state index in [2.05, 4.69) is 15.2 Å². The van der Waals surface area contributed by atoms with Crippen molar-refractivity contribution < 1.29 is 58.6 Å². The maximum Gasteiger partial charge on any atom is 0.309 e. The number of likely N-dealkylation sites (N-methyl/N-ethyl adjacent to an activating group) is 2. The molecule has 4 heterocycles. The van der Waals surface area contributed by atoms with E-state index in [1.54, 1.807) is 34.0 Å². The minimum Gasteiger partial charge on any atom is -0.612 e. The SMILES string of the molecule is CC[C@H]1OC(=O)[C@H](C)[C@@H](C2C[C@@](C)(OC)[C@@H](O)[C@H](C)O2)[C@H](C)[C@@H](O[C@@H]2O[C@H](C)C[C@H](N(C)CCCc3cn(CCc4ccc([S+](C)[O-])cc4)nn3)[C@H]2O)[C@](C)(O)C[C@@H](C)CN(C)[C@H](C)[C@@H](O)[C@]1(C)O. The first-order valence-electron chi connectivity index (χ1n) is 25.2. The van der Waals surface area contributed by atoms with E-state index in [0.29, 0.717) is 32.5 Å². The third kappa shape index (κ3) is 13.9. The second kappa shape index (κ2) is 24.2. The fourth-order valence-electron chi connectivity index (χ4n) is 11.5. The average Bonchev–Trinajstić information content (AvgIpc) is 3.75. The molecule has 2 unspecified atom stereocenters. The number of cyclic esters (lactones) is 1. The summed E-state index contributed by atoms with van der Waals surface area (Å²) in [5, 5.41) is 68.7. The molecule has 0 aliphatic carbocycles. The Balaban J connectivity index is 1.40. The van der Waals surface area contributed by atoms with Crippen LogP contribution in [0.5, 0.6) is 0 Å². The van der Waals surface area contributed by atoms with Crippen molar-refractivity contribution in [1.29, 1.82) is 0 Å². The zero-order chi connectivity index (χ0) is 51.3. The average molecular weight is 994 g/mol. The van der Waals surface area contributed by atoms with Crippen LogP contribution in [-0.4, -0.2) is 185 Å². The summed E-state index contributed by atoms with van der Waals surface area (Å²) < 4.78 is 45.8. The Labute approximate surface area is 414 Å². The number of benzene rings is 1. The Morgan fingerprint density at radius 1 is 0.986 bits per heavy atom. The van der Waals surface area contributed by atoms with E-state index < -0.39 is 107 Å². The molecule has 0 spiro atoms. The van der Waals surface area contributed by atoms with E-state index in [1.807, 2.05) is 88.8 Å². The highest BCUT2D eigenvalue weighted by molar-refractivity contribution is 7.90. The van der Waals surface area contributed by atoms with Gasteiger partial charge in [-0.2, -0.15) is 0 Å². The second-order valence-corrected chi connectivity index (χ2v) is 23.1. The van der Waals surface area contributed by atoms with Gasteiger partial charge >= 0.3 is 5.97 Å². The van der Waals surface area contributed by atoms with Crippen LogP contribution in [0.2, 0.25) is 0 Å². The fourth-order valence-corrected chi connectivity index (χ4v) is 12.1. The predicted molar refractivity (Wildman–Crippen MR) is 263 cm³/mol. The zero-order valence-corrected chi connectivity index (χ0v) is 44.7. The lowest BCUT2D eigenvalue weighted by atomic mass is 9.68. The van der Waals surface area contributed by atoms with Gasteiger partial charge in [0.2, 0.25) is 0 Å². The number of ether oxygens (including phenoxy) is 5. The highest BCUT2D eigenvalue weighted by Crippen LogP contribution is 2.45. The molecule has 0 radical (unpaired) electrons. The maximum atomic E-state index is 14.6. The quantitative estimate of drug-likeness (QED) is 0.134. The molecule has 3 aliphatic rings. The van der Waals surface area contributed by atoms with Gasteiger partial charge in [-0.3, -0.25) is 9.48 Å². The lowest BCUT2D eigenvalue weighted by Crippen LogP contribution is -2.62. The molecule has 394 valence electrons. The van der Waals surface area contributed by atoms with E-state index in [-0.39, 0.29) is 37.3 Å². The summed E-state index contributed by atoms with van der Waals surface area (Å²) >= 11 is -1.02. The number of esters is 1. The number of nitrogens with zero attached hydrogens (tertiary/aromatic N) is 5. The van der Waals surface area contributed by atoms with Gasteiger partial charge in [0, 0.05) is 50.8 Å². The van der Waals surface area contributed by atoms with Gasteiger partial charge in [-0.15, -0.1) is 5.10 Å². The monoisotopic (exact) mass is 994 g/mol. The molecule has 19 atom stereocenters. The number of methoxy groups -OCH3 is 1. The third-order valence-electron chi connectivity index (χ3n) is 15.9. The minimum atomic E-state index is -1.81. The highest BCUT2D eigenvalue weighted by atomic mass is 32.2. The van der Waals surface area contributed by atoms with E-state index >= 15 is 0 Å². The van der Waals surface area contributed by atoms with Gasteiger partial charge in [0.25, 0.3) is 0 Å². The second-order valence-electron chi connectivity index (χ2n) is 21.7. The number of aliphatic hydroxyl groups is 5. The van der Waals surface area contributed by atoms with Crippen molar-refractivity contribution in [3.8, 4) is 0 Å². The van der Waals surface area contributed by atoms with Gasteiger partial charge in [-0.1, -0.05) is 45.0 Å². The van der Waals surface area contributed by atoms with Crippen molar-refractivity contribution in [1.82, 2.24) is 24.8 Å². The minimum absolute atomic E-state index is 0.162. The summed E-state index contributed by atoms with van der Waals surface area (Å²) in [6.45, 7) is 19.8. The lowest BCUT2D eigenvalue weighted by molar-refractivity contribution is -0.303. The molecule has 0 amide bonds. The number of aryl methyl sites for hydroxylation is 3. The van der Waals surface area contributed by atoms with Crippen molar-refractivity contribution in [2.75, 3.05) is 40.6 Å². The number of aliphatic hydroxyl groups excluding tert-OH is 3. The fraction of sp³-hybridized carbons (Fsp3) is 0.824. The number of rotatable bonds is 14. The smallest absolute Gasteiger partial charge is 0.309 e. The maximum absolute atomic E-state index is 14.6. The van der Waals surface area contributed by atoms with Crippen molar-refractivity contribution in [3.05, 3.63) is 41.7 Å². The van der Waals surface area contributed by atoms with Crippen LogP contribution in [0, 0.1) is 23.7 Å². The molecule has 1 aromatic heterocycles. The lowest BCUT2D eigenvalue weighted by Gasteiger charge is -2.51. The van der Waals surface area contributed by atoms with E-state index in [4.69, 9.17) is 23.7 Å². The summed E-state index contributed by atoms with van der Waals surface area (Å²) in [7, 11) is 5.37. The van der Waals surface area contributed by atoms with Crippen molar-refractivity contribution >= 4 is 17.1 Å². The summed E-state index contributed by atoms with van der Waals surface area (Å²) in [6.07, 6.45) is -1.31. The van der Waals surface area contributed by atoms with Crippen LogP contribution in [0.25, 0.3) is 0 Å². The van der Waals surface area contributed by atoms with E-state index in [9.17, 15) is 34.9 Å². The van der Waals surface area contributed by atoms with Crippen molar-refractivity contribution in [3.63, 3.8) is 0 Å². The van der Waals surface area contributed by atoms with Crippen molar-refractivity contribution in [2.45, 2.75) is 210 Å². The third-order valence-corrected chi connectivity index (χ3v) is 16.8. The molecule has 0 bridgehead atoms. The first-order valence-corrected chi connectivity index (χ1v) is 26.7. The number of aromatic nitrogens is 3. The topological polar surface area (TPSA) is 225 Å². The standard InChI is InChI=1S/C51H87N5O12S/c1-15-41-51(10,62)44(58)34(6)55(12)28-30(2)26-49(8,61)46(32(4)42(33(5)47(60)67-41)40-27-50(9,64-13)45(59)35(7)66-40)68-48-43(57)39(25-31(3)65-48)54(11)23-16-17-37-29-56(53-52-37)24-22-36-18-20-38(21-19-36)69(14)63/h18-21,29-35,39-46,48,57-59,61-62H,15-17,22-28H2,1-14H3/t30-,31-,32+,33-,34-,35+,39+,40?,41-,42+,43-,44-,45+,46-,48+,49-,50-,51-,69?/m1/s1. The van der Waals surface area contributed by atoms with Gasteiger partial charge in [-0.25, -0.2) is 0 Å². The summed E-state index contributed by atoms with van der Waals surface area (Å²) in [5.74, 6) is -3.08.